The quantitative estimate of drug-likeness (QED) is 0.735. The number of Topliss-reactive ketones (excluding diaryl/α,β-unsaturated/α-hetero) is 1. The van der Waals surface area contributed by atoms with Gasteiger partial charge in [0.05, 0.1) is 13.0 Å². The van der Waals surface area contributed by atoms with Crippen LogP contribution in [0.15, 0.2) is 6.33 Å². The van der Waals surface area contributed by atoms with Crippen molar-refractivity contribution in [1.82, 2.24) is 25.0 Å². The summed E-state index contributed by atoms with van der Waals surface area (Å²) in [7, 11) is 0. The number of aryl methyl sites for hydroxylation is 1. The minimum Gasteiger partial charge on any atom is -0.314 e. The number of rotatable bonds is 5. The second-order valence-corrected chi connectivity index (χ2v) is 4.23. The first kappa shape index (κ1) is 12.2. The Hall–Kier alpha value is -1.27. The molecule has 1 aromatic heterocycles. The molecule has 1 fully saturated rings. The van der Waals surface area contributed by atoms with Crippen molar-refractivity contribution in [2.24, 2.45) is 0 Å². The van der Waals surface area contributed by atoms with Crippen molar-refractivity contribution in [2.45, 2.75) is 19.9 Å². The molecule has 1 N–H and O–H groups in total. The number of nitrogens with one attached hydrogen (secondary N) is 1. The van der Waals surface area contributed by atoms with Crippen LogP contribution in [0, 0.1) is 0 Å². The highest BCUT2D eigenvalue weighted by Gasteiger charge is 2.15. The van der Waals surface area contributed by atoms with Crippen LogP contribution in [0.3, 0.4) is 0 Å². The molecule has 17 heavy (non-hydrogen) atoms. The normalized spacial score (nSPS) is 17.2. The van der Waals surface area contributed by atoms with Gasteiger partial charge in [0.15, 0.2) is 5.78 Å². The van der Waals surface area contributed by atoms with E-state index in [1.54, 1.807) is 4.68 Å². The lowest BCUT2D eigenvalue weighted by Gasteiger charge is -2.26. The van der Waals surface area contributed by atoms with E-state index < -0.39 is 0 Å². The van der Waals surface area contributed by atoms with Gasteiger partial charge in [-0.05, 0) is 6.92 Å². The van der Waals surface area contributed by atoms with Crippen molar-refractivity contribution in [1.29, 1.82) is 0 Å². The second kappa shape index (κ2) is 5.88. The SMILES string of the molecule is CCn1ncnc1CC(=O)CN1CCNCC1. The summed E-state index contributed by atoms with van der Waals surface area (Å²) in [6, 6.07) is 0. The van der Waals surface area contributed by atoms with Crippen molar-refractivity contribution in [2.75, 3.05) is 32.7 Å². The Balaban J connectivity index is 1.84. The van der Waals surface area contributed by atoms with E-state index >= 15 is 0 Å². The summed E-state index contributed by atoms with van der Waals surface area (Å²) < 4.78 is 1.77. The third kappa shape index (κ3) is 3.34. The van der Waals surface area contributed by atoms with E-state index in [-0.39, 0.29) is 5.78 Å². The molecular weight excluding hydrogens is 218 g/mol. The number of ketones is 1. The highest BCUT2D eigenvalue weighted by Crippen LogP contribution is 1.99. The molecule has 2 rings (SSSR count). The van der Waals surface area contributed by atoms with Crippen LogP contribution in [-0.2, 0) is 17.8 Å². The minimum atomic E-state index is 0.217. The van der Waals surface area contributed by atoms with Crippen LogP contribution in [0.5, 0.6) is 0 Å². The molecule has 6 nitrogen and oxygen atoms in total. The van der Waals surface area contributed by atoms with Crippen LogP contribution in [0.2, 0.25) is 0 Å². The fourth-order valence-corrected chi connectivity index (χ4v) is 2.04. The van der Waals surface area contributed by atoms with Crippen LogP contribution in [0.1, 0.15) is 12.7 Å². The van der Waals surface area contributed by atoms with Gasteiger partial charge < -0.3 is 5.32 Å². The maximum absolute atomic E-state index is 11.9. The lowest BCUT2D eigenvalue weighted by atomic mass is 10.2. The lowest BCUT2D eigenvalue weighted by Crippen LogP contribution is -2.45. The molecule has 2 heterocycles. The van der Waals surface area contributed by atoms with E-state index in [0.717, 1.165) is 38.5 Å². The summed E-state index contributed by atoms with van der Waals surface area (Å²) in [6.45, 7) is 7.13. The molecular formula is C11H19N5O. The molecule has 0 atom stereocenters. The molecule has 94 valence electrons. The number of carbonyl (C=O) groups is 1. The number of carbonyl (C=O) groups excluding carboxylic acids is 1. The van der Waals surface area contributed by atoms with E-state index in [2.05, 4.69) is 20.3 Å². The maximum atomic E-state index is 11.9. The Morgan fingerprint density at radius 1 is 1.47 bits per heavy atom. The van der Waals surface area contributed by atoms with E-state index in [4.69, 9.17) is 0 Å². The highest BCUT2D eigenvalue weighted by molar-refractivity contribution is 5.82. The zero-order valence-corrected chi connectivity index (χ0v) is 10.2. The summed E-state index contributed by atoms with van der Waals surface area (Å²) in [5, 5.41) is 7.34. The highest BCUT2D eigenvalue weighted by atomic mass is 16.1. The molecule has 0 bridgehead atoms. The first-order chi connectivity index (χ1) is 8.29. The topological polar surface area (TPSA) is 63.1 Å². The van der Waals surface area contributed by atoms with E-state index in [1.807, 2.05) is 6.92 Å². The van der Waals surface area contributed by atoms with Gasteiger partial charge in [-0.25, -0.2) is 9.67 Å². The Bertz CT molecular complexity index is 370. The number of piperazine rings is 1. The average molecular weight is 237 g/mol. The fourth-order valence-electron chi connectivity index (χ4n) is 2.04. The third-order valence-corrected chi connectivity index (χ3v) is 2.96. The smallest absolute Gasteiger partial charge is 0.154 e. The monoisotopic (exact) mass is 237 g/mol. The molecule has 0 spiro atoms. The Labute approximate surface area is 101 Å². The predicted octanol–water partition coefficient (Wildman–Crippen LogP) is -0.685. The summed E-state index contributed by atoms with van der Waals surface area (Å²) >= 11 is 0. The summed E-state index contributed by atoms with van der Waals surface area (Å²) in [5.74, 6) is 0.988. The minimum absolute atomic E-state index is 0.217. The largest absolute Gasteiger partial charge is 0.314 e. The Kier molecular flexibility index (Phi) is 4.22. The standard InChI is InChI=1S/C11H19N5O/c1-2-16-11(13-9-14-16)7-10(17)8-15-5-3-12-4-6-15/h9,12H,2-8H2,1H3. The molecule has 0 radical (unpaired) electrons. The van der Waals surface area contributed by atoms with Crippen molar-refractivity contribution < 1.29 is 4.79 Å². The van der Waals surface area contributed by atoms with Gasteiger partial charge in [-0.15, -0.1) is 0 Å². The number of nitrogens with zero attached hydrogens (tertiary/aromatic N) is 4. The summed E-state index contributed by atoms with van der Waals surface area (Å²) in [5.41, 5.74) is 0. The van der Waals surface area contributed by atoms with Gasteiger partial charge in [-0.3, -0.25) is 9.69 Å². The van der Waals surface area contributed by atoms with Crippen LogP contribution < -0.4 is 5.32 Å². The first-order valence-electron chi connectivity index (χ1n) is 6.11. The number of hydrogen-bond donors (Lipinski definition) is 1. The van der Waals surface area contributed by atoms with Crippen LogP contribution in [0.25, 0.3) is 0 Å². The number of aromatic nitrogens is 3. The Morgan fingerprint density at radius 3 is 2.94 bits per heavy atom. The summed E-state index contributed by atoms with van der Waals surface area (Å²) in [6.07, 6.45) is 1.90. The predicted molar refractivity (Wildman–Crippen MR) is 63.7 cm³/mol. The molecule has 0 amide bonds. The van der Waals surface area contributed by atoms with Crippen molar-refractivity contribution in [3.8, 4) is 0 Å². The number of hydrogen-bond acceptors (Lipinski definition) is 5. The van der Waals surface area contributed by atoms with E-state index in [9.17, 15) is 4.79 Å². The van der Waals surface area contributed by atoms with E-state index in [1.165, 1.54) is 6.33 Å². The molecule has 1 aromatic rings. The third-order valence-electron chi connectivity index (χ3n) is 2.96. The molecule has 0 aliphatic carbocycles. The molecule has 1 aliphatic rings. The molecule has 1 saturated heterocycles. The molecule has 0 aromatic carbocycles. The van der Waals surface area contributed by atoms with Gasteiger partial charge in [0, 0.05) is 32.7 Å². The van der Waals surface area contributed by atoms with Crippen molar-refractivity contribution in [3.05, 3.63) is 12.2 Å². The van der Waals surface area contributed by atoms with E-state index in [0.29, 0.717) is 13.0 Å². The molecule has 6 heteroatoms. The molecule has 0 unspecified atom stereocenters. The lowest BCUT2D eigenvalue weighted by molar-refractivity contribution is -0.119. The van der Waals surface area contributed by atoms with Crippen molar-refractivity contribution in [3.63, 3.8) is 0 Å². The van der Waals surface area contributed by atoms with Gasteiger partial charge in [-0.1, -0.05) is 0 Å². The average Bonchev–Trinajstić information content (AvgIpc) is 2.77. The Morgan fingerprint density at radius 2 is 2.24 bits per heavy atom. The molecule has 0 saturated carbocycles. The maximum Gasteiger partial charge on any atom is 0.154 e. The fraction of sp³-hybridized carbons (Fsp3) is 0.727. The van der Waals surface area contributed by atoms with Crippen LogP contribution in [-0.4, -0.2) is 58.2 Å². The van der Waals surface area contributed by atoms with Gasteiger partial charge in [0.1, 0.15) is 12.2 Å². The zero-order valence-electron chi connectivity index (χ0n) is 10.2. The first-order valence-corrected chi connectivity index (χ1v) is 6.11. The zero-order chi connectivity index (χ0) is 12.1. The van der Waals surface area contributed by atoms with Crippen LogP contribution >= 0.6 is 0 Å². The van der Waals surface area contributed by atoms with Crippen molar-refractivity contribution >= 4 is 5.78 Å². The van der Waals surface area contributed by atoms with Gasteiger partial charge in [0.2, 0.25) is 0 Å². The van der Waals surface area contributed by atoms with Gasteiger partial charge >= 0.3 is 0 Å². The van der Waals surface area contributed by atoms with Gasteiger partial charge in [-0.2, -0.15) is 5.10 Å². The summed E-state index contributed by atoms with van der Waals surface area (Å²) in [4.78, 5) is 18.2. The van der Waals surface area contributed by atoms with Gasteiger partial charge in [0.25, 0.3) is 0 Å². The molecule has 1 aliphatic heterocycles. The van der Waals surface area contributed by atoms with Crippen LogP contribution in [0.4, 0.5) is 0 Å². The second-order valence-electron chi connectivity index (χ2n) is 4.23.